The van der Waals surface area contributed by atoms with Gasteiger partial charge in [0.1, 0.15) is 5.82 Å². The number of rotatable bonds is 1. The predicted octanol–water partition coefficient (Wildman–Crippen LogP) is 4.38. The summed E-state index contributed by atoms with van der Waals surface area (Å²) >= 11 is 11.9. The lowest BCUT2D eigenvalue weighted by Crippen LogP contribution is -1.91. The quantitative estimate of drug-likeness (QED) is 0.752. The molecule has 2 rings (SSSR count). The molecule has 2 N–H and O–H groups in total. The molecule has 82 valence electrons. The first-order chi connectivity index (χ1) is 7.58. The molecule has 0 saturated heterocycles. The second-order valence-corrected chi connectivity index (χ2v) is 4.20. The molecule has 0 radical (unpaired) electrons. The van der Waals surface area contributed by atoms with Crippen molar-refractivity contribution in [3.63, 3.8) is 0 Å². The van der Waals surface area contributed by atoms with Crippen LogP contribution in [0.1, 0.15) is 0 Å². The van der Waals surface area contributed by atoms with Crippen molar-refractivity contribution in [1.82, 2.24) is 0 Å². The fourth-order valence-corrected chi connectivity index (χ4v) is 1.83. The van der Waals surface area contributed by atoms with E-state index in [-0.39, 0.29) is 5.69 Å². The van der Waals surface area contributed by atoms with Gasteiger partial charge >= 0.3 is 0 Å². The van der Waals surface area contributed by atoms with Crippen LogP contribution in [-0.4, -0.2) is 0 Å². The zero-order valence-electron chi connectivity index (χ0n) is 8.18. The first kappa shape index (κ1) is 11.2. The van der Waals surface area contributed by atoms with Crippen LogP contribution in [0.4, 0.5) is 10.1 Å². The van der Waals surface area contributed by atoms with Gasteiger partial charge in [-0.3, -0.25) is 0 Å². The molecule has 2 aromatic carbocycles. The van der Waals surface area contributed by atoms with Gasteiger partial charge in [-0.15, -0.1) is 0 Å². The number of benzene rings is 2. The lowest BCUT2D eigenvalue weighted by molar-refractivity contribution is 0.632. The summed E-state index contributed by atoms with van der Waals surface area (Å²) in [4.78, 5) is 0. The Kier molecular flexibility index (Phi) is 3.03. The highest BCUT2D eigenvalue weighted by Gasteiger charge is 2.06. The van der Waals surface area contributed by atoms with E-state index in [9.17, 15) is 4.39 Å². The minimum atomic E-state index is -0.443. The first-order valence-corrected chi connectivity index (χ1v) is 5.34. The zero-order chi connectivity index (χ0) is 11.7. The maximum absolute atomic E-state index is 13.0. The van der Waals surface area contributed by atoms with Crippen molar-refractivity contribution in [2.24, 2.45) is 0 Å². The lowest BCUT2D eigenvalue weighted by atomic mass is 10.1. The maximum atomic E-state index is 13.0. The van der Waals surface area contributed by atoms with Gasteiger partial charge < -0.3 is 5.73 Å². The third-order valence-corrected chi connectivity index (χ3v) is 2.80. The minimum absolute atomic E-state index is 0.0912. The molecule has 4 heteroatoms. The highest BCUT2D eigenvalue weighted by atomic mass is 35.5. The first-order valence-electron chi connectivity index (χ1n) is 4.58. The molecule has 0 saturated carbocycles. The largest absolute Gasteiger partial charge is 0.396 e. The monoisotopic (exact) mass is 255 g/mol. The highest BCUT2D eigenvalue weighted by Crippen LogP contribution is 2.31. The van der Waals surface area contributed by atoms with Crippen LogP contribution in [0.3, 0.4) is 0 Å². The van der Waals surface area contributed by atoms with Crippen molar-refractivity contribution in [2.45, 2.75) is 0 Å². The number of nitrogens with two attached hydrogens (primary N) is 1. The molecule has 0 aromatic heterocycles. The van der Waals surface area contributed by atoms with Crippen molar-refractivity contribution < 1.29 is 4.39 Å². The van der Waals surface area contributed by atoms with Crippen molar-refractivity contribution in [1.29, 1.82) is 0 Å². The van der Waals surface area contributed by atoms with E-state index in [2.05, 4.69) is 0 Å². The second-order valence-electron chi connectivity index (χ2n) is 3.36. The molecule has 1 nitrogen and oxygen atoms in total. The summed E-state index contributed by atoms with van der Waals surface area (Å²) in [6.07, 6.45) is 0. The van der Waals surface area contributed by atoms with Crippen LogP contribution in [0, 0.1) is 5.82 Å². The van der Waals surface area contributed by atoms with Gasteiger partial charge in [-0.05, 0) is 35.9 Å². The van der Waals surface area contributed by atoms with Crippen molar-refractivity contribution in [3.05, 3.63) is 52.3 Å². The van der Waals surface area contributed by atoms with Crippen molar-refractivity contribution >= 4 is 28.9 Å². The Labute approximate surface area is 103 Å². The van der Waals surface area contributed by atoms with Gasteiger partial charge in [0.05, 0.1) is 5.69 Å². The third kappa shape index (κ3) is 2.13. The normalized spacial score (nSPS) is 10.4. The molecule has 0 heterocycles. The van der Waals surface area contributed by atoms with E-state index in [0.29, 0.717) is 10.0 Å². The van der Waals surface area contributed by atoms with E-state index in [4.69, 9.17) is 28.9 Å². The number of hydrogen-bond acceptors (Lipinski definition) is 1. The van der Waals surface area contributed by atoms with Crippen LogP contribution in [0.2, 0.25) is 10.0 Å². The Morgan fingerprint density at radius 3 is 2.44 bits per heavy atom. The van der Waals surface area contributed by atoms with E-state index >= 15 is 0 Å². The van der Waals surface area contributed by atoms with E-state index < -0.39 is 5.82 Å². The topological polar surface area (TPSA) is 26.0 Å². The van der Waals surface area contributed by atoms with Crippen LogP contribution in [0.5, 0.6) is 0 Å². The van der Waals surface area contributed by atoms with Crippen LogP contribution in [0.25, 0.3) is 11.1 Å². The Morgan fingerprint density at radius 1 is 1.00 bits per heavy atom. The molecular weight excluding hydrogens is 248 g/mol. The number of anilines is 1. The smallest absolute Gasteiger partial charge is 0.146 e. The molecule has 16 heavy (non-hydrogen) atoms. The molecule has 0 aliphatic rings. The number of halogens is 3. The summed E-state index contributed by atoms with van der Waals surface area (Å²) in [7, 11) is 0. The van der Waals surface area contributed by atoms with Gasteiger partial charge in [0.2, 0.25) is 0 Å². The molecule has 0 aliphatic carbocycles. The van der Waals surface area contributed by atoms with Crippen LogP contribution < -0.4 is 5.73 Å². The average Bonchev–Trinajstić information content (AvgIpc) is 2.26. The molecule has 0 unspecified atom stereocenters. The molecule has 0 bridgehead atoms. The van der Waals surface area contributed by atoms with Gasteiger partial charge in [0, 0.05) is 15.6 Å². The fraction of sp³-hybridized carbons (Fsp3) is 0. The molecule has 0 spiro atoms. The molecule has 0 fully saturated rings. The third-order valence-electron chi connectivity index (χ3n) is 2.24. The summed E-state index contributed by atoms with van der Waals surface area (Å²) < 4.78 is 13.0. The number of hydrogen-bond donors (Lipinski definition) is 1. The van der Waals surface area contributed by atoms with Crippen molar-refractivity contribution in [3.8, 4) is 11.1 Å². The summed E-state index contributed by atoms with van der Waals surface area (Å²) in [5.74, 6) is -0.443. The Hall–Kier alpha value is -1.25. The van der Waals surface area contributed by atoms with Gasteiger partial charge in [0.25, 0.3) is 0 Å². The van der Waals surface area contributed by atoms with Crippen molar-refractivity contribution in [2.75, 3.05) is 5.73 Å². The SMILES string of the molecule is Nc1cc(-c2cc(Cl)ccc2Cl)ccc1F. The minimum Gasteiger partial charge on any atom is -0.396 e. The van der Waals surface area contributed by atoms with Gasteiger partial charge in [-0.1, -0.05) is 29.3 Å². The molecule has 0 atom stereocenters. The van der Waals surface area contributed by atoms with Crippen LogP contribution in [-0.2, 0) is 0 Å². The van der Waals surface area contributed by atoms with Gasteiger partial charge in [-0.2, -0.15) is 0 Å². The fourth-order valence-electron chi connectivity index (χ4n) is 1.43. The van der Waals surface area contributed by atoms with E-state index in [1.165, 1.54) is 12.1 Å². The van der Waals surface area contributed by atoms with E-state index in [1.807, 2.05) is 0 Å². The molecule has 2 aromatic rings. The summed E-state index contributed by atoms with van der Waals surface area (Å²) in [6, 6.07) is 9.56. The molecule has 0 aliphatic heterocycles. The standard InChI is InChI=1S/C12H8Cl2FN/c13-8-2-3-10(14)9(6-8)7-1-4-11(15)12(16)5-7/h1-6H,16H2. The second kappa shape index (κ2) is 4.32. The summed E-state index contributed by atoms with van der Waals surface area (Å²) in [6.45, 7) is 0. The number of nitrogen functional groups attached to an aromatic ring is 1. The lowest BCUT2D eigenvalue weighted by Gasteiger charge is -2.06. The van der Waals surface area contributed by atoms with Gasteiger partial charge in [0.15, 0.2) is 0 Å². The average molecular weight is 256 g/mol. The highest BCUT2D eigenvalue weighted by molar-refractivity contribution is 6.35. The summed E-state index contributed by atoms with van der Waals surface area (Å²) in [5.41, 5.74) is 7.07. The molecular formula is C12H8Cl2FN. The predicted molar refractivity (Wildman–Crippen MR) is 66.3 cm³/mol. The van der Waals surface area contributed by atoms with E-state index in [1.54, 1.807) is 24.3 Å². The Balaban J connectivity index is 2.58. The summed E-state index contributed by atoms with van der Waals surface area (Å²) in [5, 5.41) is 1.12. The zero-order valence-corrected chi connectivity index (χ0v) is 9.69. The van der Waals surface area contributed by atoms with E-state index in [0.717, 1.165) is 11.1 Å². The molecule has 0 amide bonds. The van der Waals surface area contributed by atoms with Crippen LogP contribution >= 0.6 is 23.2 Å². The maximum Gasteiger partial charge on any atom is 0.146 e. The van der Waals surface area contributed by atoms with Crippen LogP contribution in [0.15, 0.2) is 36.4 Å². The Morgan fingerprint density at radius 2 is 1.75 bits per heavy atom. The van der Waals surface area contributed by atoms with Gasteiger partial charge in [-0.25, -0.2) is 4.39 Å². The Bertz CT molecular complexity index is 541.